The van der Waals surface area contributed by atoms with Crippen LogP contribution in [0.1, 0.15) is 39.0 Å². The molecule has 1 amide bonds. The highest BCUT2D eigenvalue weighted by Crippen LogP contribution is 2.33. The van der Waals surface area contributed by atoms with Crippen LogP contribution in [0.3, 0.4) is 0 Å². The first-order valence-electron chi connectivity index (χ1n) is 7.99. The van der Waals surface area contributed by atoms with Crippen molar-refractivity contribution in [3.63, 3.8) is 0 Å². The van der Waals surface area contributed by atoms with Crippen molar-refractivity contribution >= 4 is 5.91 Å². The van der Waals surface area contributed by atoms with Gasteiger partial charge in [0.25, 0.3) is 0 Å². The highest BCUT2D eigenvalue weighted by molar-refractivity contribution is 5.77. The van der Waals surface area contributed by atoms with Gasteiger partial charge in [-0.1, -0.05) is 12.2 Å². The second-order valence-electron chi connectivity index (χ2n) is 6.03. The van der Waals surface area contributed by atoms with Gasteiger partial charge in [-0.3, -0.25) is 4.79 Å². The average Bonchev–Trinajstić information content (AvgIpc) is 2.99. The van der Waals surface area contributed by atoms with Gasteiger partial charge in [0.1, 0.15) is 6.10 Å². The predicted octanol–water partition coefficient (Wildman–Crippen LogP) is 2.14. The van der Waals surface area contributed by atoms with E-state index in [1.807, 2.05) is 11.8 Å². The van der Waals surface area contributed by atoms with Gasteiger partial charge in [0.05, 0.1) is 18.8 Å². The Morgan fingerprint density at radius 3 is 3.05 bits per heavy atom. The van der Waals surface area contributed by atoms with Crippen LogP contribution < -0.4 is 0 Å². The fourth-order valence-electron chi connectivity index (χ4n) is 3.82. The number of fused-ring (bicyclic) bond motifs is 2. The molecule has 0 aromatic heterocycles. The van der Waals surface area contributed by atoms with E-state index in [4.69, 9.17) is 9.47 Å². The minimum Gasteiger partial charge on any atom is -0.374 e. The van der Waals surface area contributed by atoms with Crippen molar-refractivity contribution < 1.29 is 14.3 Å². The van der Waals surface area contributed by atoms with E-state index in [0.717, 1.165) is 32.2 Å². The summed E-state index contributed by atoms with van der Waals surface area (Å²) in [6.45, 7) is 4.07. The molecule has 0 spiro atoms. The number of ether oxygens (including phenoxy) is 2. The van der Waals surface area contributed by atoms with Gasteiger partial charge in [0, 0.05) is 19.6 Å². The van der Waals surface area contributed by atoms with E-state index in [0.29, 0.717) is 25.6 Å². The number of rotatable bonds is 4. The number of allylic oxidation sites excluding steroid dienone is 2. The lowest BCUT2D eigenvalue weighted by Crippen LogP contribution is -2.46. The van der Waals surface area contributed by atoms with Crippen molar-refractivity contribution in [2.24, 2.45) is 5.92 Å². The van der Waals surface area contributed by atoms with Gasteiger partial charge in [0.15, 0.2) is 0 Å². The summed E-state index contributed by atoms with van der Waals surface area (Å²) in [7, 11) is 0. The minimum atomic E-state index is 0.0746. The third kappa shape index (κ3) is 2.77. The molecule has 112 valence electrons. The molecule has 0 N–H and O–H groups in total. The van der Waals surface area contributed by atoms with Crippen LogP contribution in [0.4, 0.5) is 0 Å². The minimum absolute atomic E-state index is 0.0746. The second-order valence-corrected chi connectivity index (χ2v) is 6.03. The fourth-order valence-corrected chi connectivity index (χ4v) is 3.82. The predicted molar refractivity (Wildman–Crippen MR) is 76.4 cm³/mol. The summed E-state index contributed by atoms with van der Waals surface area (Å²) in [4.78, 5) is 14.7. The van der Waals surface area contributed by atoms with Gasteiger partial charge in [-0.25, -0.2) is 0 Å². The van der Waals surface area contributed by atoms with Gasteiger partial charge in [-0.2, -0.15) is 0 Å². The molecule has 3 rings (SSSR count). The molecule has 2 fully saturated rings. The second kappa shape index (κ2) is 6.27. The number of amides is 1. The first kappa shape index (κ1) is 14.1. The maximum atomic E-state index is 12.6. The number of carbonyl (C=O) groups is 1. The molecule has 0 unspecified atom stereocenters. The van der Waals surface area contributed by atoms with Crippen LogP contribution in [0.15, 0.2) is 12.2 Å². The van der Waals surface area contributed by atoms with Crippen LogP contribution >= 0.6 is 0 Å². The van der Waals surface area contributed by atoms with Crippen LogP contribution in [0.5, 0.6) is 0 Å². The van der Waals surface area contributed by atoms with Crippen molar-refractivity contribution in [1.82, 2.24) is 4.90 Å². The molecule has 4 nitrogen and oxygen atoms in total. The molecule has 1 saturated heterocycles. The Balaban J connectivity index is 1.67. The third-order valence-corrected chi connectivity index (χ3v) is 4.79. The molecular formula is C16H25NO3. The van der Waals surface area contributed by atoms with E-state index < -0.39 is 0 Å². The highest BCUT2D eigenvalue weighted by Gasteiger charge is 2.44. The van der Waals surface area contributed by atoms with E-state index in [9.17, 15) is 4.79 Å². The summed E-state index contributed by atoms with van der Waals surface area (Å²) in [6, 6.07) is 0.223. The van der Waals surface area contributed by atoms with E-state index in [1.54, 1.807) is 0 Å². The van der Waals surface area contributed by atoms with Gasteiger partial charge in [-0.15, -0.1) is 0 Å². The summed E-state index contributed by atoms with van der Waals surface area (Å²) in [5, 5.41) is 0. The monoisotopic (exact) mass is 279 g/mol. The Kier molecular flexibility index (Phi) is 4.41. The zero-order valence-corrected chi connectivity index (χ0v) is 12.3. The SMILES string of the molecule is CCO[C@H]1[C@H]2CC[C@H]1OCCN2C(=O)C[C@@H]1C=CCC1. The van der Waals surface area contributed by atoms with Crippen LogP contribution in [0, 0.1) is 5.92 Å². The van der Waals surface area contributed by atoms with Crippen LogP contribution in [-0.2, 0) is 14.3 Å². The normalized spacial score (nSPS) is 36.4. The van der Waals surface area contributed by atoms with Crippen molar-refractivity contribution in [3.05, 3.63) is 12.2 Å². The van der Waals surface area contributed by atoms with Gasteiger partial charge >= 0.3 is 0 Å². The van der Waals surface area contributed by atoms with Gasteiger partial charge < -0.3 is 14.4 Å². The molecular weight excluding hydrogens is 254 g/mol. The molecule has 4 heteroatoms. The Morgan fingerprint density at radius 1 is 1.40 bits per heavy atom. The number of carbonyl (C=O) groups excluding carboxylic acids is 1. The summed E-state index contributed by atoms with van der Waals surface area (Å²) in [5.74, 6) is 0.719. The molecule has 2 bridgehead atoms. The molecule has 1 aliphatic heterocycles. The third-order valence-electron chi connectivity index (χ3n) is 4.79. The van der Waals surface area contributed by atoms with E-state index >= 15 is 0 Å². The van der Waals surface area contributed by atoms with Gasteiger partial charge in [0.2, 0.25) is 5.91 Å². The Hall–Kier alpha value is -0.870. The fraction of sp³-hybridized carbons (Fsp3) is 0.812. The Labute approximate surface area is 121 Å². The summed E-state index contributed by atoms with van der Waals surface area (Å²) < 4.78 is 11.7. The molecule has 1 heterocycles. The molecule has 3 aliphatic rings. The standard InChI is InChI=1S/C16H25NO3/c1-2-19-16-13-7-8-14(16)20-10-9-17(13)15(18)11-12-5-3-4-6-12/h3,5,12-14,16H,2,4,6-11H2,1H3/t12-,13-,14-,16+/m1/s1. The van der Waals surface area contributed by atoms with E-state index in [-0.39, 0.29) is 24.2 Å². The summed E-state index contributed by atoms with van der Waals surface area (Å²) in [5.41, 5.74) is 0. The lowest BCUT2D eigenvalue weighted by Gasteiger charge is -2.31. The summed E-state index contributed by atoms with van der Waals surface area (Å²) >= 11 is 0. The van der Waals surface area contributed by atoms with Crippen molar-refractivity contribution in [3.8, 4) is 0 Å². The smallest absolute Gasteiger partial charge is 0.223 e. The van der Waals surface area contributed by atoms with Crippen molar-refractivity contribution in [2.75, 3.05) is 19.8 Å². The van der Waals surface area contributed by atoms with Crippen molar-refractivity contribution in [1.29, 1.82) is 0 Å². The zero-order valence-electron chi connectivity index (χ0n) is 12.3. The van der Waals surface area contributed by atoms with Crippen LogP contribution in [-0.4, -0.2) is 48.8 Å². The quantitative estimate of drug-likeness (QED) is 0.740. The van der Waals surface area contributed by atoms with Crippen LogP contribution in [0.2, 0.25) is 0 Å². The Bertz CT molecular complexity index is 382. The molecule has 4 atom stereocenters. The van der Waals surface area contributed by atoms with E-state index in [1.165, 1.54) is 0 Å². The lowest BCUT2D eigenvalue weighted by atomic mass is 10.0. The molecule has 0 aromatic rings. The highest BCUT2D eigenvalue weighted by atomic mass is 16.5. The molecule has 0 aromatic carbocycles. The average molecular weight is 279 g/mol. The first-order valence-corrected chi connectivity index (χ1v) is 7.99. The maximum Gasteiger partial charge on any atom is 0.223 e. The molecule has 20 heavy (non-hydrogen) atoms. The van der Waals surface area contributed by atoms with Crippen molar-refractivity contribution in [2.45, 2.75) is 57.3 Å². The van der Waals surface area contributed by atoms with Crippen LogP contribution in [0.25, 0.3) is 0 Å². The lowest BCUT2D eigenvalue weighted by molar-refractivity contribution is -0.136. The molecule has 0 radical (unpaired) electrons. The molecule has 1 saturated carbocycles. The molecule has 2 aliphatic carbocycles. The largest absolute Gasteiger partial charge is 0.374 e. The first-order chi connectivity index (χ1) is 9.79. The topological polar surface area (TPSA) is 38.8 Å². The zero-order chi connectivity index (χ0) is 13.9. The Morgan fingerprint density at radius 2 is 2.30 bits per heavy atom. The van der Waals surface area contributed by atoms with E-state index in [2.05, 4.69) is 12.2 Å². The number of nitrogens with zero attached hydrogens (tertiary/aromatic N) is 1. The van der Waals surface area contributed by atoms with Gasteiger partial charge in [-0.05, 0) is 38.5 Å². The number of hydrogen-bond acceptors (Lipinski definition) is 3. The summed E-state index contributed by atoms with van der Waals surface area (Å²) in [6.07, 6.45) is 9.57. The maximum absolute atomic E-state index is 12.6. The number of hydrogen-bond donors (Lipinski definition) is 0.